The van der Waals surface area contributed by atoms with E-state index in [1.54, 1.807) is 34.8 Å². The summed E-state index contributed by atoms with van der Waals surface area (Å²) in [6, 6.07) is 7.06. The van der Waals surface area contributed by atoms with Gasteiger partial charge in [0, 0.05) is 17.8 Å². The van der Waals surface area contributed by atoms with Crippen LogP contribution in [-0.4, -0.2) is 32.4 Å². The Morgan fingerprint density at radius 2 is 2.32 bits per heavy atom. The van der Waals surface area contributed by atoms with Crippen LogP contribution in [0.15, 0.2) is 30.6 Å². The molecular formula is C12H13ClN4O2. The van der Waals surface area contributed by atoms with Gasteiger partial charge in [-0.3, -0.25) is 9.48 Å². The van der Waals surface area contributed by atoms with Gasteiger partial charge in [-0.15, -0.1) is 0 Å². The fourth-order valence-electron chi connectivity index (χ4n) is 1.71. The molecular weight excluding hydrogens is 268 g/mol. The molecule has 2 aromatic rings. The lowest BCUT2D eigenvalue weighted by molar-refractivity contribution is -0.135. The van der Waals surface area contributed by atoms with Gasteiger partial charge in [-0.1, -0.05) is 17.7 Å². The molecule has 0 amide bonds. The Balaban J connectivity index is 2.26. The zero-order chi connectivity index (χ0) is 13.8. The highest BCUT2D eigenvalue weighted by atomic mass is 35.5. The first-order chi connectivity index (χ1) is 9.06. The van der Waals surface area contributed by atoms with Gasteiger partial charge in [-0.05, 0) is 18.2 Å². The van der Waals surface area contributed by atoms with Crippen LogP contribution in [0.3, 0.4) is 0 Å². The molecule has 1 aromatic heterocycles. The van der Waals surface area contributed by atoms with Crippen LogP contribution < -0.4 is 4.90 Å². The average Bonchev–Trinajstić information content (AvgIpc) is 2.74. The third kappa shape index (κ3) is 3.45. The van der Waals surface area contributed by atoms with E-state index < -0.39 is 5.97 Å². The predicted molar refractivity (Wildman–Crippen MR) is 71.1 cm³/mol. The third-order valence-corrected chi connectivity index (χ3v) is 2.87. The lowest BCUT2D eigenvalue weighted by Gasteiger charge is -2.22. The van der Waals surface area contributed by atoms with Crippen molar-refractivity contribution in [3.63, 3.8) is 0 Å². The molecule has 0 aliphatic heterocycles. The monoisotopic (exact) mass is 280 g/mol. The Morgan fingerprint density at radius 3 is 2.89 bits per heavy atom. The molecule has 0 spiro atoms. The van der Waals surface area contributed by atoms with Gasteiger partial charge in [0.1, 0.15) is 18.7 Å². The minimum absolute atomic E-state index is 0.132. The molecule has 2 rings (SSSR count). The van der Waals surface area contributed by atoms with Gasteiger partial charge in [0.2, 0.25) is 0 Å². The smallest absolute Gasteiger partial charge is 0.323 e. The zero-order valence-electron chi connectivity index (χ0n) is 10.3. The van der Waals surface area contributed by atoms with Gasteiger partial charge in [0.25, 0.3) is 0 Å². The van der Waals surface area contributed by atoms with E-state index in [1.165, 1.54) is 6.33 Å². The van der Waals surface area contributed by atoms with Crippen molar-refractivity contribution in [2.45, 2.75) is 6.54 Å². The van der Waals surface area contributed by atoms with E-state index in [0.717, 1.165) is 5.69 Å². The maximum atomic E-state index is 11.0. The molecule has 0 aliphatic carbocycles. The molecule has 0 radical (unpaired) electrons. The van der Waals surface area contributed by atoms with Crippen LogP contribution in [0.25, 0.3) is 0 Å². The number of aliphatic carboxylic acids is 1. The summed E-state index contributed by atoms with van der Waals surface area (Å²) in [4.78, 5) is 16.7. The number of halogens is 1. The van der Waals surface area contributed by atoms with Crippen molar-refractivity contribution in [2.75, 3.05) is 11.4 Å². The number of rotatable bonds is 5. The maximum absolute atomic E-state index is 11.0. The number of carboxylic acid groups (broad SMARTS) is 1. The Hall–Kier alpha value is -2.08. The Bertz CT molecular complexity index is 585. The Morgan fingerprint density at radius 1 is 1.53 bits per heavy atom. The number of carboxylic acids is 1. The molecule has 19 heavy (non-hydrogen) atoms. The molecule has 100 valence electrons. The van der Waals surface area contributed by atoms with Gasteiger partial charge < -0.3 is 10.0 Å². The number of aromatic nitrogens is 3. The number of aryl methyl sites for hydroxylation is 1. The van der Waals surface area contributed by atoms with Crippen LogP contribution in [0.5, 0.6) is 0 Å². The lowest BCUT2D eigenvalue weighted by atomic mass is 10.2. The molecule has 1 heterocycles. The summed E-state index contributed by atoms with van der Waals surface area (Å²) in [7, 11) is 1.76. The molecule has 0 aliphatic rings. The van der Waals surface area contributed by atoms with E-state index >= 15 is 0 Å². The van der Waals surface area contributed by atoms with Crippen molar-refractivity contribution in [3.8, 4) is 0 Å². The van der Waals surface area contributed by atoms with Crippen molar-refractivity contribution in [2.24, 2.45) is 7.05 Å². The van der Waals surface area contributed by atoms with Crippen LogP contribution in [0.2, 0.25) is 5.02 Å². The topological polar surface area (TPSA) is 71.2 Å². The highest BCUT2D eigenvalue weighted by Crippen LogP contribution is 2.20. The first-order valence-electron chi connectivity index (χ1n) is 5.61. The van der Waals surface area contributed by atoms with E-state index in [9.17, 15) is 4.79 Å². The maximum Gasteiger partial charge on any atom is 0.323 e. The predicted octanol–water partition coefficient (Wildman–Crippen LogP) is 1.56. The second kappa shape index (κ2) is 5.71. The normalized spacial score (nSPS) is 10.4. The lowest BCUT2D eigenvalue weighted by Crippen LogP contribution is -2.30. The molecule has 1 aromatic carbocycles. The summed E-state index contributed by atoms with van der Waals surface area (Å²) in [6.07, 6.45) is 1.44. The highest BCUT2D eigenvalue weighted by Gasteiger charge is 2.14. The van der Waals surface area contributed by atoms with Gasteiger partial charge in [-0.25, -0.2) is 4.98 Å². The molecule has 0 fully saturated rings. The van der Waals surface area contributed by atoms with Gasteiger partial charge >= 0.3 is 5.97 Å². The number of hydrogen-bond acceptors (Lipinski definition) is 4. The number of carbonyl (C=O) groups is 1. The van der Waals surface area contributed by atoms with E-state index in [2.05, 4.69) is 10.1 Å². The Labute approximate surface area is 115 Å². The fraction of sp³-hybridized carbons (Fsp3) is 0.250. The average molecular weight is 281 g/mol. The van der Waals surface area contributed by atoms with E-state index in [1.807, 2.05) is 6.07 Å². The molecule has 0 saturated heterocycles. The zero-order valence-corrected chi connectivity index (χ0v) is 11.1. The van der Waals surface area contributed by atoms with Gasteiger partial charge in [-0.2, -0.15) is 5.10 Å². The molecule has 0 unspecified atom stereocenters. The highest BCUT2D eigenvalue weighted by molar-refractivity contribution is 6.30. The molecule has 0 saturated carbocycles. The van der Waals surface area contributed by atoms with Gasteiger partial charge in [0.05, 0.1) is 6.54 Å². The number of nitrogens with zero attached hydrogens (tertiary/aromatic N) is 4. The largest absolute Gasteiger partial charge is 0.480 e. The van der Waals surface area contributed by atoms with Crippen molar-refractivity contribution in [1.82, 2.24) is 14.8 Å². The second-order valence-corrected chi connectivity index (χ2v) is 4.47. The van der Waals surface area contributed by atoms with Crippen LogP contribution in [0.4, 0.5) is 5.69 Å². The third-order valence-electron chi connectivity index (χ3n) is 2.64. The van der Waals surface area contributed by atoms with Crippen LogP contribution in [0.1, 0.15) is 5.82 Å². The first-order valence-corrected chi connectivity index (χ1v) is 5.99. The minimum atomic E-state index is -0.915. The standard InChI is InChI=1S/C12H13ClN4O2/c1-16-11(14-8-15-16)6-17(7-12(18)19)10-4-2-3-9(13)5-10/h2-5,8H,6-7H2,1H3,(H,18,19). The minimum Gasteiger partial charge on any atom is -0.480 e. The summed E-state index contributed by atoms with van der Waals surface area (Å²) >= 11 is 5.93. The molecule has 0 bridgehead atoms. The molecule has 7 heteroatoms. The summed E-state index contributed by atoms with van der Waals surface area (Å²) < 4.78 is 1.61. The number of benzene rings is 1. The summed E-state index contributed by atoms with van der Waals surface area (Å²) in [6.45, 7) is 0.219. The van der Waals surface area contributed by atoms with E-state index in [4.69, 9.17) is 16.7 Å². The van der Waals surface area contributed by atoms with Crippen molar-refractivity contribution in [1.29, 1.82) is 0 Å². The summed E-state index contributed by atoms with van der Waals surface area (Å²) in [5.41, 5.74) is 0.734. The van der Waals surface area contributed by atoms with E-state index in [0.29, 0.717) is 17.4 Å². The number of hydrogen-bond donors (Lipinski definition) is 1. The summed E-state index contributed by atoms with van der Waals surface area (Å²) in [5.74, 6) is -0.233. The Kier molecular flexibility index (Phi) is 4.01. The second-order valence-electron chi connectivity index (χ2n) is 4.03. The molecule has 6 nitrogen and oxygen atoms in total. The quantitative estimate of drug-likeness (QED) is 0.900. The van der Waals surface area contributed by atoms with Crippen molar-refractivity contribution in [3.05, 3.63) is 41.4 Å². The van der Waals surface area contributed by atoms with Crippen molar-refractivity contribution < 1.29 is 9.90 Å². The summed E-state index contributed by atoms with van der Waals surface area (Å²) in [5, 5.41) is 13.5. The fourth-order valence-corrected chi connectivity index (χ4v) is 1.89. The number of anilines is 1. The first kappa shape index (κ1) is 13.4. The van der Waals surface area contributed by atoms with Crippen LogP contribution in [0, 0.1) is 0 Å². The van der Waals surface area contributed by atoms with Crippen LogP contribution >= 0.6 is 11.6 Å². The molecule has 1 N–H and O–H groups in total. The van der Waals surface area contributed by atoms with Crippen molar-refractivity contribution >= 4 is 23.3 Å². The SMILES string of the molecule is Cn1ncnc1CN(CC(=O)O)c1cccc(Cl)c1. The van der Waals surface area contributed by atoms with Gasteiger partial charge in [0.15, 0.2) is 0 Å². The molecule has 0 atom stereocenters. The van der Waals surface area contributed by atoms with E-state index in [-0.39, 0.29) is 6.54 Å². The van der Waals surface area contributed by atoms with Crippen LogP contribution in [-0.2, 0) is 18.4 Å².